The normalized spacial score (nSPS) is 11.0. The quantitative estimate of drug-likeness (QED) is 0.510. The van der Waals surface area contributed by atoms with Crippen molar-refractivity contribution in [3.8, 4) is 11.4 Å². The van der Waals surface area contributed by atoms with Crippen LogP contribution in [0.25, 0.3) is 11.4 Å². The van der Waals surface area contributed by atoms with Crippen LogP contribution < -0.4 is 0 Å². The molecule has 3 rings (SSSR count). The van der Waals surface area contributed by atoms with Crippen molar-refractivity contribution in [2.45, 2.75) is 6.61 Å². The molecule has 5 nitrogen and oxygen atoms in total. The Morgan fingerprint density at radius 1 is 1.14 bits per heavy atom. The molecule has 0 amide bonds. The van der Waals surface area contributed by atoms with Crippen LogP contribution in [0.15, 0.2) is 68.7 Å². The van der Waals surface area contributed by atoms with Crippen LogP contribution in [-0.4, -0.2) is 16.4 Å². The minimum Gasteiger partial charge on any atom is -0.386 e. The van der Waals surface area contributed by atoms with Crippen LogP contribution in [0.2, 0.25) is 0 Å². The van der Waals surface area contributed by atoms with Gasteiger partial charge >= 0.3 is 0 Å². The molecule has 6 heteroatoms. The summed E-state index contributed by atoms with van der Waals surface area (Å²) in [5, 5.41) is 7.80. The van der Waals surface area contributed by atoms with E-state index in [1.165, 1.54) is 0 Å². The van der Waals surface area contributed by atoms with E-state index in [9.17, 15) is 0 Å². The van der Waals surface area contributed by atoms with E-state index in [2.05, 4.69) is 31.2 Å². The monoisotopic (exact) mass is 357 g/mol. The van der Waals surface area contributed by atoms with Crippen LogP contribution >= 0.6 is 15.9 Å². The zero-order valence-electron chi connectivity index (χ0n) is 11.5. The van der Waals surface area contributed by atoms with Crippen molar-refractivity contribution in [2.24, 2.45) is 5.16 Å². The number of oxime groups is 1. The lowest BCUT2D eigenvalue weighted by Crippen LogP contribution is -1.89. The number of rotatable bonds is 5. The number of aromatic nitrogens is 2. The summed E-state index contributed by atoms with van der Waals surface area (Å²) in [6.07, 6.45) is 1.63. The Morgan fingerprint density at radius 2 is 2.00 bits per heavy atom. The Labute approximate surface area is 135 Å². The summed E-state index contributed by atoms with van der Waals surface area (Å²) in [5.41, 5.74) is 1.83. The molecular formula is C16H12BrN3O2. The number of nitrogens with zero attached hydrogens (tertiary/aromatic N) is 3. The van der Waals surface area contributed by atoms with E-state index in [4.69, 9.17) is 9.36 Å². The Morgan fingerprint density at radius 3 is 2.82 bits per heavy atom. The topological polar surface area (TPSA) is 60.5 Å². The van der Waals surface area contributed by atoms with Gasteiger partial charge in [0.15, 0.2) is 6.61 Å². The minimum atomic E-state index is 0.129. The lowest BCUT2D eigenvalue weighted by Gasteiger charge is -1.94. The molecule has 0 aliphatic heterocycles. The molecule has 3 aromatic rings. The number of benzene rings is 2. The van der Waals surface area contributed by atoms with Gasteiger partial charge < -0.3 is 9.36 Å². The highest BCUT2D eigenvalue weighted by molar-refractivity contribution is 9.10. The molecule has 1 heterocycles. The molecule has 0 atom stereocenters. The second-order valence-electron chi connectivity index (χ2n) is 4.44. The molecule has 0 saturated carbocycles. The lowest BCUT2D eigenvalue weighted by atomic mass is 10.2. The molecule has 0 spiro atoms. The standard InChI is InChI=1S/C16H12BrN3O2/c17-14-8-4-7-13(9-14)16-19-15(22-20-16)11-21-18-10-12-5-2-1-3-6-12/h1-10H,11H2/b18-10-. The maximum atomic E-state index is 5.16. The smallest absolute Gasteiger partial charge is 0.267 e. The zero-order chi connectivity index (χ0) is 15.2. The molecule has 0 N–H and O–H groups in total. The molecule has 0 fully saturated rings. The van der Waals surface area contributed by atoms with Crippen molar-refractivity contribution >= 4 is 22.1 Å². The first kappa shape index (κ1) is 14.5. The van der Waals surface area contributed by atoms with Gasteiger partial charge in [-0.3, -0.25) is 0 Å². The van der Waals surface area contributed by atoms with Gasteiger partial charge in [-0.05, 0) is 17.7 Å². The fraction of sp³-hybridized carbons (Fsp3) is 0.0625. The van der Waals surface area contributed by atoms with Crippen molar-refractivity contribution in [2.75, 3.05) is 0 Å². The molecule has 0 aliphatic carbocycles. The van der Waals surface area contributed by atoms with E-state index in [-0.39, 0.29) is 6.61 Å². The van der Waals surface area contributed by atoms with E-state index in [1.807, 2.05) is 54.6 Å². The van der Waals surface area contributed by atoms with Gasteiger partial charge in [0.2, 0.25) is 5.82 Å². The third kappa shape index (κ3) is 3.79. The van der Waals surface area contributed by atoms with Gasteiger partial charge in [-0.2, -0.15) is 4.98 Å². The first-order chi connectivity index (χ1) is 10.8. The molecule has 110 valence electrons. The summed E-state index contributed by atoms with van der Waals surface area (Å²) in [6, 6.07) is 17.4. The second-order valence-corrected chi connectivity index (χ2v) is 5.36. The molecule has 0 bridgehead atoms. The highest BCUT2D eigenvalue weighted by Gasteiger charge is 2.08. The van der Waals surface area contributed by atoms with Gasteiger partial charge in [-0.1, -0.05) is 68.7 Å². The average Bonchev–Trinajstić information content (AvgIpc) is 3.02. The molecule has 0 unspecified atom stereocenters. The average molecular weight is 358 g/mol. The van der Waals surface area contributed by atoms with Crippen molar-refractivity contribution < 1.29 is 9.36 Å². The molecule has 0 saturated heterocycles. The summed E-state index contributed by atoms with van der Waals surface area (Å²) in [7, 11) is 0. The number of halogens is 1. The maximum Gasteiger partial charge on any atom is 0.267 e. The summed E-state index contributed by atoms with van der Waals surface area (Å²) >= 11 is 3.41. The summed E-state index contributed by atoms with van der Waals surface area (Å²) in [5.74, 6) is 0.895. The highest BCUT2D eigenvalue weighted by Crippen LogP contribution is 2.20. The minimum absolute atomic E-state index is 0.129. The molecular weight excluding hydrogens is 346 g/mol. The predicted molar refractivity (Wildman–Crippen MR) is 86.3 cm³/mol. The van der Waals surface area contributed by atoms with Crippen molar-refractivity contribution in [1.29, 1.82) is 0 Å². The summed E-state index contributed by atoms with van der Waals surface area (Å²) in [6.45, 7) is 0.129. The Bertz CT molecular complexity index is 772. The first-order valence-electron chi connectivity index (χ1n) is 6.60. The predicted octanol–water partition coefficient (Wildman–Crippen LogP) is 4.05. The fourth-order valence-corrected chi connectivity index (χ4v) is 2.19. The molecule has 0 radical (unpaired) electrons. The molecule has 2 aromatic carbocycles. The van der Waals surface area contributed by atoms with Crippen LogP contribution in [0.4, 0.5) is 0 Å². The third-order valence-corrected chi connectivity index (χ3v) is 3.31. The zero-order valence-corrected chi connectivity index (χ0v) is 13.1. The number of hydrogen-bond donors (Lipinski definition) is 0. The first-order valence-corrected chi connectivity index (χ1v) is 7.39. The van der Waals surface area contributed by atoms with E-state index < -0.39 is 0 Å². The fourth-order valence-electron chi connectivity index (χ4n) is 1.79. The molecule has 22 heavy (non-hydrogen) atoms. The van der Waals surface area contributed by atoms with Gasteiger partial charge in [0.25, 0.3) is 5.89 Å². The highest BCUT2D eigenvalue weighted by atomic mass is 79.9. The Kier molecular flexibility index (Phi) is 4.60. The van der Waals surface area contributed by atoms with Crippen molar-refractivity contribution in [3.63, 3.8) is 0 Å². The maximum absolute atomic E-state index is 5.16. The van der Waals surface area contributed by atoms with Gasteiger partial charge in [0, 0.05) is 10.0 Å². The largest absolute Gasteiger partial charge is 0.386 e. The number of hydrogen-bond acceptors (Lipinski definition) is 5. The third-order valence-electron chi connectivity index (χ3n) is 2.81. The SMILES string of the molecule is Brc1cccc(-c2noc(CO/N=C\c3ccccc3)n2)c1. The molecule has 0 aliphatic rings. The van der Waals surface area contributed by atoms with Gasteiger partial charge in [-0.15, -0.1) is 0 Å². The van der Waals surface area contributed by atoms with E-state index >= 15 is 0 Å². The summed E-state index contributed by atoms with van der Waals surface area (Å²) < 4.78 is 6.09. The van der Waals surface area contributed by atoms with Crippen molar-refractivity contribution in [1.82, 2.24) is 10.1 Å². The van der Waals surface area contributed by atoms with Crippen molar-refractivity contribution in [3.05, 3.63) is 70.5 Å². The summed E-state index contributed by atoms with van der Waals surface area (Å²) in [4.78, 5) is 9.43. The van der Waals surface area contributed by atoms with Crippen LogP contribution in [0.3, 0.4) is 0 Å². The Balaban J connectivity index is 1.59. The van der Waals surface area contributed by atoms with Crippen LogP contribution in [0.5, 0.6) is 0 Å². The Hall–Kier alpha value is -2.47. The van der Waals surface area contributed by atoms with Gasteiger partial charge in [-0.25, -0.2) is 0 Å². The van der Waals surface area contributed by atoms with Crippen LogP contribution in [-0.2, 0) is 11.4 Å². The van der Waals surface area contributed by atoms with Crippen LogP contribution in [0.1, 0.15) is 11.5 Å². The van der Waals surface area contributed by atoms with E-state index in [0.29, 0.717) is 11.7 Å². The van der Waals surface area contributed by atoms with E-state index in [1.54, 1.807) is 6.21 Å². The lowest BCUT2D eigenvalue weighted by molar-refractivity contribution is 0.107. The van der Waals surface area contributed by atoms with Gasteiger partial charge in [0.05, 0.1) is 6.21 Å². The van der Waals surface area contributed by atoms with Gasteiger partial charge in [0.1, 0.15) is 0 Å². The molecule has 1 aromatic heterocycles. The van der Waals surface area contributed by atoms with Crippen LogP contribution in [0, 0.1) is 0 Å². The van der Waals surface area contributed by atoms with E-state index in [0.717, 1.165) is 15.6 Å². The second kappa shape index (κ2) is 7.00.